The summed E-state index contributed by atoms with van der Waals surface area (Å²) in [6, 6.07) is 5.51. The molecular weight excluding hydrogens is 307 g/mol. The molecule has 0 aromatic heterocycles. The van der Waals surface area contributed by atoms with Crippen molar-refractivity contribution in [2.75, 3.05) is 0 Å². The van der Waals surface area contributed by atoms with E-state index >= 15 is 0 Å². The van der Waals surface area contributed by atoms with Crippen molar-refractivity contribution in [1.82, 2.24) is 5.43 Å². The monoisotopic (exact) mass is 328 g/mol. The Morgan fingerprint density at radius 1 is 1.26 bits per heavy atom. The summed E-state index contributed by atoms with van der Waals surface area (Å²) in [6.07, 6.45) is 8.65. The molecule has 1 aromatic rings. The molecule has 3 N–H and O–H groups in total. The standard InChI is InChI=1S/C15H22BrFN2/c16-13-9-11(7-8-14(13)17)10-15(19-18)12-5-3-1-2-4-6-12/h7-9,12,15,19H,1-6,10,18H2. The van der Waals surface area contributed by atoms with E-state index in [1.54, 1.807) is 0 Å². The average Bonchev–Trinajstić information content (AvgIpc) is 2.69. The molecule has 0 bridgehead atoms. The van der Waals surface area contributed by atoms with Crippen LogP contribution >= 0.6 is 15.9 Å². The molecule has 1 aromatic carbocycles. The van der Waals surface area contributed by atoms with E-state index in [0.29, 0.717) is 10.4 Å². The Labute approximate surface area is 123 Å². The zero-order chi connectivity index (χ0) is 13.7. The van der Waals surface area contributed by atoms with E-state index in [9.17, 15) is 4.39 Å². The fourth-order valence-corrected chi connectivity index (χ4v) is 3.42. The number of hydrogen-bond donors (Lipinski definition) is 2. The van der Waals surface area contributed by atoms with Gasteiger partial charge in [-0.15, -0.1) is 0 Å². The van der Waals surface area contributed by atoms with Crippen molar-refractivity contribution in [3.8, 4) is 0 Å². The zero-order valence-electron chi connectivity index (χ0n) is 11.2. The fourth-order valence-electron chi connectivity index (χ4n) is 3.00. The van der Waals surface area contributed by atoms with Crippen LogP contribution in [0.25, 0.3) is 0 Å². The predicted molar refractivity (Wildman–Crippen MR) is 80.1 cm³/mol. The van der Waals surface area contributed by atoms with Crippen molar-refractivity contribution >= 4 is 15.9 Å². The molecule has 1 saturated carbocycles. The second-order valence-electron chi connectivity index (χ2n) is 5.48. The lowest BCUT2D eigenvalue weighted by Crippen LogP contribution is -2.42. The molecule has 1 unspecified atom stereocenters. The first-order valence-electron chi connectivity index (χ1n) is 7.10. The topological polar surface area (TPSA) is 38.0 Å². The normalized spacial score (nSPS) is 19.1. The van der Waals surface area contributed by atoms with Gasteiger partial charge in [0.2, 0.25) is 0 Å². The van der Waals surface area contributed by atoms with Gasteiger partial charge in [0.1, 0.15) is 5.82 Å². The van der Waals surface area contributed by atoms with Gasteiger partial charge in [-0.05, 0) is 58.8 Å². The van der Waals surface area contributed by atoms with Crippen LogP contribution in [-0.4, -0.2) is 6.04 Å². The Morgan fingerprint density at radius 2 is 1.95 bits per heavy atom. The predicted octanol–water partition coefficient (Wildman–Crippen LogP) is 3.93. The Bertz CT molecular complexity index is 403. The van der Waals surface area contributed by atoms with Gasteiger partial charge in [-0.3, -0.25) is 11.3 Å². The Kier molecular flexibility index (Phi) is 5.79. The minimum Gasteiger partial charge on any atom is -0.271 e. The summed E-state index contributed by atoms with van der Waals surface area (Å²) >= 11 is 3.24. The third kappa shape index (κ3) is 4.26. The molecule has 4 heteroatoms. The third-order valence-corrected chi connectivity index (χ3v) is 4.73. The van der Waals surface area contributed by atoms with Gasteiger partial charge >= 0.3 is 0 Å². The van der Waals surface area contributed by atoms with Gasteiger partial charge in [0.05, 0.1) is 4.47 Å². The first-order chi connectivity index (χ1) is 9.20. The summed E-state index contributed by atoms with van der Waals surface area (Å²) in [5.74, 6) is 6.16. The minimum atomic E-state index is -0.213. The molecule has 1 fully saturated rings. The second-order valence-corrected chi connectivity index (χ2v) is 6.33. The average molecular weight is 329 g/mol. The van der Waals surface area contributed by atoms with E-state index in [2.05, 4.69) is 21.4 Å². The number of nitrogens with two attached hydrogens (primary N) is 1. The summed E-state index contributed by atoms with van der Waals surface area (Å²) < 4.78 is 13.8. The fraction of sp³-hybridized carbons (Fsp3) is 0.600. The second kappa shape index (κ2) is 7.36. The smallest absolute Gasteiger partial charge is 0.137 e. The van der Waals surface area contributed by atoms with Gasteiger partial charge in [0.15, 0.2) is 0 Å². The molecule has 0 radical (unpaired) electrons. The molecule has 1 aliphatic carbocycles. The van der Waals surface area contributed by atoms with Crippen molar-refractivity contribution in [2.24, 2.45) is 11.8 Å². The molecule has 0 aliphatic heterocycles. The van der Waals surface area contributed by atoms with Crippen LogP contribution in [0.2, 0.25) is 0 Å². The summed E-state index contributed by atoms with van der Waals surface area (Å²) in [5.41, 5.74) is 4.10. The summed E-state index contributed by atoms with van der Waals surface area (Å²) in [4.78, 5) is 0. The Hall–Kier alpha value is -0.450. The van der Waals surface area contributed by atoms with E-state index in [1.807, 2.05) is 12.1 Å². The van der Waals surface area contributed by atoms with Gasteiger partial charge in [0, 0.05) is 6.04 Å². The van der Waals surface area contributed by atoms with E-state index in [0.717, 1.165) is 12.0 Å². The van der Waals surface area contributed by atoms with Crippen LogP contribution < -0.4 is 11.3 Å². The lowest BCUT2D eigenvalue weighted by atomic mass is 9.88. The van der Waals surface area contributed by atoms with Crippen molar-refractivity contribution in [3.63, 3.8) is 0 Å². The lowest BCUT2D eigenvalue weighted by molar-refractivity contribution is 0.320. The van der Waals surface area contributed by atoms with Crippen LogP contribution in [0.1, 0.15) is 44.1 Å². The molecule has 0 amide bonds. The molecule has 2 rings (SSSR count). The van der Waals surface area contributed by atoms with Gasteiger partial charge in [0.25, 0.3) is 0 Å². The maximum atomic E-state index is 13.2. The number of nitrogens with one attached hydrogen (secondary N) is 1. The number of rotatable bonds is 4. The zero-order valence-corrected chi connectivity index (χ0v) is 12.8. The maximum Gasteiger partial charge on any atom is 0.137 e. The highest BCUT2D eigenvalue weighted by atomic mass is 79.9. The minimum absolute atomic E-state index is 0.213. The molecule has 1 aliphatic rings. The molecule has 106 valence electrons. The number of benzene rings is 1. The molecule has 2 nitrogen and oxygen atoms in total. The molecular formula is C15H22BrFN2. The van der Waals surface area contributed by atoms with Crippen LogP contribution in [-0.2, 0) is 6.42 Å². The summed E-state index contributed by atoms with van der Waals surface area (Å²) in [5, 5.41) is 0. The number of hydrogen-bond acceptors (Lipinski definition) is 2. The molecule has 19 heavy (non-hydrogen) atoms. The van der Waals surface area contributed by atoms with E-state index in [1.165, 1.54) is 44.6 Å². The van der Waals surface area contributed by atoms with Crippen molar-refractivity contribution < 1.29 is 4.39 Å². The maximum absolute atomic E-state index is 13.2. The Balaban J connectivity index is 2.02. The van der Waals surface area contributed by atoms with Crippen LogP contribution in [0.3, 0.4) is 0 Å². The van der Waals surface area contributed by atoms with Crippen molar-refractivity contribution in [3.05, 3.63) is 34.1 Å². The summed E-state index contributed by atoms with van der Waals surface area (Å²) in [7, 11) is 0. The first-order valence-corrected chi connectivity index (χ1v) is 7.90. The summed E-state index contributed by atoms with van der Waals surface area (Å²) in [6.45, 7) is 0. The van der Waals surface area contributed by atoms with Crippen LogP contribution in [0, 0.1) is 11.7 Å². The van der Waals surface area contributed by atoms with Crippen molar-refractivity contribution in [2.45, 2.75) is 51.0 Å². The van der Waals surface area contributed by atoms with Crippen LogP contribution in [0.4, 0.5) is 4.39 Å². The first kappa shape index (κ1) is 14.9. The quantitative estimate of drug-likeness (QED) is 0.499. The van der Waals surface area contributed by atoms with Gasteiger partial charge < -0.3 is 0 Å². The van der Waals surface area contributed by atoms with Gasteiger partial charge in [-0.2, -0.15) is 0 Å². The number of hydrazine groups is 1. The highest BCUT2D eigenvalue weighted by Gasteiger charge is 2.22. The van der Waals surface area contributed by atoms with E-state index in [4.69, 9.17) is 5.84 Å². The number of halogens is 2. The van der Waals surface area contributed by atoms with Crippen LogP contribution in [0.15, 0.2) is 22.7 Å². The van der Waals surface area contributed by atoms with E-state index < -0.39 is 0 Å². The van der Waals surface area contributed by atoms with Gasteiger partial charge in [-0.1, -0.05) is 31.7 Å². The SMILES string of the molecule is NNC(Cc1ccc(F)c(Br)c1)C1CCCCCC1. The Morgan fingerprint density at radius 3 is 2.53 bits per heavy atom. The molecule has 0 heterocycles. The van der Waals surface area contributed by atoms with E-state index in [-0.39, 0.29) is 11.9 Å². The highest BCUT2D eigenvalue weighted by molar-refractivity contribution is 9.10. The van der Waals surface area contributed by atoms with Crippen molar-refractivity contribution in [1.29, 1.82) is 0 Å². The lowest BCUT2D eigenvalue weighted by Gasteiger charge is -2.25. The molecule has 0 saturated heterocycles. The third-order valence-electron chi connectivity index (χ3n) is 4.12. The van der Waals surface area contributed by atoms with Crippen LogP contribution in [0.5, 0.6) is 0 Å². The largest absolute Gasteiger partial charge is 0.271 e. The molecule has 1 atom stereocenters. The molecule has 0 spiro atoms. The highest BCUT2D eigenvalue weighted by Crippen LogP contribution is 2.27. The van der Waals surface area contributed by atoms with Gasteiger partial charge in [-0.25, -0.2) is 4.39 Å².